The monoisotopic (exact) mass is 263 g/mol. The van der Waals surface area contributed by atoms with E-state index in [0.29, 0.717) is 12.2 Å². The summed E-state index contributed by atoms with van der Waals surface area (Å²) in [7, 11) is 1.66. The number of anilines is 1. The lowest BCUT2D eigenvalue weighted by molar-refractivity contribution is 0.118. The molecule has 0 amide bonds. The van der Waals surface area contributed by atoms with Crippen molar-refractivity contribution < 1.29 is 9.13 Å². The van der Waals surface area contributed by atoms with Crippen LogP contribution in [0.5, 0.6) is 0 Å². The summed E-state index contributed by atoms with van der Waals surface area (Å²) in [5.74, 6) is 0.375. The third-order valence-electron chi connectivity index (χ3n) is 3.41. The number of hydrogen-bond donors (Lipinski definition) is 1. The Morgan fingerprint density at radius 2 is 2.42 bits per heavy atom. The fraction of sp³-hybridized carbons (Fsp3) is 0.417. The second kappa shape index (κ2) is 4.93. The summed E-state index contributed by atoms with van der Waals surface area (Å²) in [5.41, 5.74) is 0.510. The Bertz CT molecular complexity index is 547. The first-order valence-electron chi connectivity index (χ1n) is 6.04. The van der Waals surface area contributed by atoms with Crippen molar-refractivity contribution in [1.29, 1.82) is 0 Å². The van der Waals surface area contributed by atoms with E-state index in [1.165, 1.54) is 12.5 Å². The predicted molar refractivity (Wildman–Crippen MR) is 66.1 cm³/mol. The molecule has 0 saturated carbocycles. The molecule has 2 atom stereocenters. The molecule has 2 aromatic heterocycles. The number of H-pyrrole nitrogens is 1. The lowest BCUT2D eigenvalue weighted by Gasteiger charge is -2.24. The van der Waals surface area contributed by atoms with Gasteiger partial charge < -0.3 is 9.64 Å². The Kier molecular flexibility index (Phi) is 3.12. The van der Waals surface area contributed by atoms with E-state index in [2.05, 4.69) is 20.2 Å². The number of pyridine rings is 1. The minimum absolute atomic E-state index is 0.0441. The number of nitrogens with one attached hydrogen (secondary N) is 1. The molecule has 1 aliphatic heterocycles. The van der Waals surface area contributed by atoms with Crippen LogP contribution in [0.3, 0.4) is 0 Å². The van der Waals surface area contributed by atoms with Crippen LogP contribution < -0.4 is 4.90 Å². The largest absolute Gasteiger partial charge is 0.380 e. The Balaban J connectivity index is 1.96. The lowest BCUT2D eigenvalue weighted by atomic mass is 10.2. The van der Waals surface area contributed by atoms with Gasteiger partial charge in [-0.15, -0.1) is 0 Å². The van der Waals surface area contributed by atoms with Crippen LogP contribution in [0.4, 0.5) is 10.1 Å². The van der Waals surface area contributed by atoms with E-state index in [-0.39, 0.29) is 18.0 Å². The molecular weight excluding hydrogens is 249 g/mol. The summed E-state index contributed by atoms with van der Waals surface area (Å²) in [6.07, 6.45) is 5.04. The van der Waals surface area contributed by atoms with Crippen molar-refractivity contribution in [2.45, 2.75) is 18.6 Å². The minimum Gasteiger partial charge on any atom is -0.380 e. The van der Waals surface area contributed by atoms with Crippen LogP contribution >= 0.6 is 0 Å². The molecule has 100 valence electrons. The van der Waals surface area contributed by atoms with E-state index in [0.717, 1.165) is 12.2 Å². The van der Waals surface area contributed by atoms with Crippen molar-refractivity contribution in [3.05, 3.63) is 36.4 Å². The van der Waals surface area contributed by atoms with Crippen molar-refractivity contribution in [1.82, 2.24) is 20.2 Å². The van der Waals surface area contributed by atoms with Crippen molar-refractivity contribution in [2.24, 2.45) is 0 Å². The zero-order chi connectivity index (χ0) is 13.2. The van der Waals surface area contributed by atoms with Gasteiger partial charge in [0.1, 0.15) is 12.2 Å². The van der Waals surface area contributed by atoms with Crippen molar-refractivity contribution in [3.63, 3.8) is 0 Å². The average molecular weight is 263 g/mol. The highest BCUT2D eigenvalue weighted by Gasteiger charge is 2.36. The van der Waals surface area contributed by atoms with Gasteiger partial charge in [-0.25, -0.2) is 9.37 Å². The molecule has 0 spiro atoms. The van der Waals surface area contributed by atoms with Crippen molar-refractivity contribution in [3.8, 4) is 0 Å². The second-order valence-corrected chi connectivity index (χ2v) is 4.46. The first-order valence-corrected chi connectivity index (χ1v) is 6.04. The first-order chi connectivity index (χ1) is 9.29. The number of ether oxygens (including phenoxy) is 1. The number of hydrogen-bond acceptors (Lipinski definition) is 5. The highest BCUT2D eigenvalue weighted by Crippen LogP contribution is 2.36. The molecule has 1 saturated heterocycles. The molecule has 1 fully saturated rings. The van der Waals surface area contributed by atoms with Gasteiger partial charge in [0.2, 0.25) is 0 Å². The molecule has 1 N–H and O–H groups in total. The van der Waals surface area contributed by atoms with E-state index >= 15 is 0 Å². The molecule has 2 aromatic rings. The number of rotatable bonds is 3. The van der Waals surface area contributed by atoms with E-state index < -0.39 is 0 Å². The molecule has 6 nitrogen and oxygen atoms in total. The Hall–Kier alpha value is -2.02. The van der Waals surface area contributed by atoms with Crippen LogP contribution in [-0.4, -0.2) is 39.9 Å². The van der Waals surface area contributed by atoms with Crippen LogP contribution in [0.15, 0.2) is 24.8 Å². The minimum atomic E-state index is -0.344. The maximum absolute atomic E-state index is 13.9. The lowest BCUT2D eigenvalue weighted by Crippen LogP contribution is -2.26. The molecule has 3 heterocycles. The zero-order valence-electron chi connectivity index (χ0n) is 10.5. The van der Waals surface area contributed by atoms with Gasteiger partial charge in [-0.05, 0) is 6.07 Å². The molecular formula is C12H14FN5O. The average Bonchev–Trinajstić information content (AvgIpc) is 3.08. The Morgan fingerprint density at radius 3 is 3.11 bits per heavy atom. The third-order valence-corrected chi connectivity index (χ3v) is 3.41. The first kappa shape index (κ1) is 12.0. The van der Waals surface area contributed by atoms with Gasteiger partial charge in [-0.3, -0.25) is 10.1 Å². The van der Waals surface area contributed by atoms with Crippen LogP contribution in [0.2, 0.25) is 0 Å². The van der Waals surface area contributed by atoms with Crippen LogP contribution in [0.1, 0.15) is 18.3 Å². The maximum Gasteiger partial charge on any atom is 0.164 e. The van der Waals surface area contributed by atoms with Gasteiger partial charge >= 0.3 is 0 Å². The molecule has 0 radical (unpaired) electrons. The van der Waals surface area contributed by atoms with Gasteiger partial charge in [0.05, 0.1) is 24.0 Å². The number of nitrogens with zero attached hydrogens (tertiary/aromatic N) is 4. The van der Waals surface area contributed by atoms with Gasteiger partial charge in [-0.1, -0.05) is 0 Å². The molecule has 7 heteroatoms. The van der Waals surface area contributed by atoms with Crippen LogP contribution in [0.25, 0.3) is 0 Å². The summed E-state index contributed by atoms with van der Waals surface area (Å²) in [4.78, 5) is 9.88. The normalized spacial score (nSPS) is 22.9. The summed E-state index contributed by atoms with van der Waals surface area (Å²) in [6, 6.07) is 1.60. The van der Waals surface area contributed by atoms with Crippen LogP contribution in [-0.2, 0) is 4.74 Å². The standard InChI is InChI=1S/C12H14FN5O/c1-19-8-4-11(12-15-7-16-17-12)18(6-8)10-2-3-14-5-9(10)13/h2-3,5,7-8,11H,4,6H2,1H3,(H,15,16,17)/t8-,11+/m1/s1. The number of halogens is 1. The van der Waals surface area contributed by atoms with Gasteiger partial charge in [0, 0.05) is 26.3 Å². The smallest absolute Gasteiger partial charge is 0.164 e. The zero-order valence-corrected chi connectivity index (χ0v) is 10.5. The van der Waals surface area contributed by atoms with Crippen molar-refractivity contribution >= 4 is 5.69 Å². The maximum atomic E-state index is 13.9. The van der Waals surface area contributed by atoms with Gasteiger partial charge in [0.15, 0.2) is 5.82 Å². The molecule has 3 rings (SSSR count). The highest BCUT2D eigenvalue weighted by atomic mass is 19.1. The third kappa shape index (κ3) is 2.17. The van der Waals surface area contributed by atoms with Gasteiger partial charge in [-0.2, -0.15) is 5.10 Å². The number of methoxy groups -OCH3 is 1. The van der Waals surface area contributed by atoms with E-state index in [9.17, 15) is 4.39 Å². The predicted octanol–water partition coefficient (Wildman–Crippen LogP) is 1.31. The molecule has 0 aliphatic carbocycles. The molecule has 0 unspecified atom stereocenters. The molecule has 19 heavy (non-hydrogen) atoms. The summed E-state index contributed by atoms with van der Waals surface area (Å²) < 4.78 is 19.3. The van der Waals surface area contributed by atoms with E-state index in [1.807, 2.05) is 4.90 Å². The molecule has 0 bridgehead atoms. The SMILES string of the molecule is CO[C@@H]1C[C@@H](c2ncn[nH]2)N(c2ccncc2F)C1. The fourth-order valence-electron chi connectivity index (χ4n) is 2.47. The Morgan fingerprint density at radius 1 is 1.53 bits per heavy atom. The highest BCUT2D eigenvalue weighted by molar-refractivity contribution is 5.49. The summed E-state index contributed by atoms with van der Waals surface area (Å²) >= 11 is 0. The summed E-state index contributed by atoms with van der Waals surface area (Å²) in [5, 5.41) is 6.71. The fourth-order valence-corrected chi connectivity index (χ4v) is 2.47. The quantitative estimate of drug-likeness (QED) is 0.904. The van der Waals surface area contributed by atoms with Crippen molar-refractivity contribution in [2.75, 3.05) is 18.6 Å². The molecule has 1 aliphatic rings. The topological polar surface area (TPSA) is 66.9 Å². The second-order valence-electron chi connectivity index (χ2n) is 4.46. The molecule has 0 aromatic carbocycles. The van der Waals surface area contributed by atoms with E-state index in [1.54, 1.807) is 19.4 Å². The Labute approximate surface area is 109 Å². The number of aromatic nitrogens is 4. The van der Waals surface area contributed by atoms with E-state index in [4.69, 9.17) is 4.74 Å². The van der Waals surface area contributed by atoms with Crippen LogP contribution in [0, 0.1) is 5.82 Å². The summed E-state index contributed by atoms with van der Waals surface area (Å²) in [6.45, 7) is 0.614. The van der Waals surface area contributed by atoms with Gasteiger partial charge in [0.25, 0.3) is 0 Å². The number of aromatic amines is 1.